The van der Waals surface area contributed by atoms with E-state index < -0.39 is 6.61 Å². The number of tetrazole rings is 1. The molecule has 3 aromatic rings. The molecule has 0 aliphatic rings. The molecule has 1 aromatic heterocycles. The van der Waals surface area contributed by atoms with Crippen LogP contribution in [0.15, 0.2) is 48.5 Å². The second kappa shape index (κ2) is 7.12. The first-order valence-electron chi connectivity index (χ1n) is 7.50. The summed E-state index contributed by atoms with van der Waals surface area (Å²) in [6.07, 6.45) is 0. The Labute approximate surface area is 138 Å². The summed E-state index contributed by atoms with van der Waals surface area (Å²) in [7, 11) is 0. The van der Waals surface area contributed by atoms with Crippen LogP contribution in [-0.2, 0) is 13.1 Å². The monoisotopic (exact) mass is 323 g/mol. The quantitative estimate of drug-likeness (QED) is 0.656. The number of nitrogens with zero attached hydrogens (tertiary/aromatic N) is 4. The Kier molecular flexibility index (Phi) is 4.74. The maximum Gasteiger partial charge on any atom is 0.188 e. The normalized spacial score (nSPS) is 10.8. The van der Waals surface area contributed by atoms with E-state index >= 15 is 0 Å². The third-order valence-corrected chi connectivity index (χ3v) is 3.73. The van der Waals surface area contributed by atoms with Crippen LogP contribution in [0.5, 0.6) is 0 Å². The molecular weight excluding hydrogens is 306 g/mol. The fraction of sp³-hybridized carbons (Fsp3) is 0.176. The molecule has 0 saturated heterocycles. The third kappa shape index (κ3) is 3.37. The molecule has 0 radical (unpaired) electrons. The minimum atomic E-state index is -0.491. The van der Waals surface area contributed by atoms with Gasteiger partial charge in [-0.2, -0.15) is 0 Å². The van der Waals surface area contributed by atoms with Crippen LogP contribution in [0.2, 0.25) is 0 Å². The van der Waals surface area contributed by atoms with Crippen molar-refractivity contribution in [1.29, 1.82) is 0 Å². The Balaban J connectivity index is 1.81. The Hall–Kier alpha value is -2.90. The number of Topliss-reactive ketones (excluding diaryl/α,β-unsaturated/α-hetero) is 1. The number of hydrogen-bond acceptors (Lipinski definition) is 6. The van der Waals surface area contributed by atoms with Gasteiger partial charge in [0.05, 0.1) is 6.54 Å². The van der Waals surface area contributed by atoms with Gasteiger partial charge in [0.2, 0.25) is 0 Å². The minimum Gasteiger partial charge on any atom is -0.388 e. The van der Waals surface area contributed by atoms with Gasteiger partial charge in [0.15, 0.2) is 11.6 Å². The van der Waals surface area contributed by atoms with E-state index in [1.54, 1.807) is 16.8 Å². The number of carbonyl (C=O) groups is 1. The highest BCUT2D eigenvalue weighted by Crippen LogP contribution is 2.17. The molecule has 2 aromatic carbocycles. The van der Waals surface area contributed by atoms with Crippen molar-refractivity contribution in [3.63, 3.8) is 0 Å². The van der Waals surface area contributed by atoms with E-state index in [1.165, 1.54) is 0 Å². The molecule has 24 heavy (non-hydrogen) atoms. The molecule has 0 saturated carbocycles. The summed E-state index contributed by atoms with van der Waals surface area (Å²) < 4.78 is 1.69. The Morgan fingerprint density at radius 2 is 1.71 bits per heavy atom. The molecular formula is C17H17N5O2. The van der Waals surface area contributed by atoms with Crippen LogP contribution < -0.4 is 5.73 Å². The van der Waals surface area contributed by atoms with Crippen molar-refractivity contribution in [3.05, 3.63) is 65.2 Å². The molecule has 0 amide bonds. The van der Waals surface area contributed by atoms with Gasteiger partial charge in [-0.3, -0.25) is 4.79 Å². The van der Waals surface area contributed by atoms with Crippen molar-refractivity contribution < 1.29 is 9.90 Å². The van der Waals surface area contributed by atoms with Crippen LogP contribution in [0.1, 0.15) is 21.5 Å². The molecule has 3 rings (SSSR count). The molecule has 1 heterocycles. The van der Waals surface area contributed by atoms with E-state index in [0.717, 1.165) is 16.7 Å². The number of aliphatic hydroxyl groups excluding tert-OH is 1. The second-order valence-electron chi connectivity index (χ2n) is 5.34. The van der Waals surface area contributed by atoms with Crippen LogP contribution in [0.4, 0.5) is 0 Å². The first-order chi connectivity index (χ1) is 11.7. The number of ketones is 1. The minimum absolute atomic E-state index is 0.301. The maximum absolute atomic E-state index is 11.4. The molecule has 122 valence electrons. The number of benzene rings is 2. The summed E-state index contributed by atoms with van der Waals surface area (Å²) in [6.45, 7) is 0.480. The summed E-state index contributed by atoms with van der Waals surface area (Å²) in [5.74, 6) is 0.360. The van der Waals surface area contributed by atoms with Gasteiger partial charge < -0.3 is 10.8 Å². The highest BCUT2D eigenvalue weighted by atomic mass is 16.3. The van der Waals surface area contributed by atoms with E-state index in [-0.39, 0.29) is 5.78 Å². The van der Waals surface area contributed by atoms with E-state index in [9.17, 15) is 4.79 Å². The van der Waals surface area contributed by atoms with Gasteiger partial charge in [-0.25, -0.2) is 4.68 Å². The summed E-state index contributed by atoms with van der Waals surface area (Å²) in [6, 6.07) is 14.8. The highest BCUT2D eigenvalue weighted by Gasteiger charge is 2.10. The molecule has 0 spiro atoms. The van der Waals surface area contributed by atoms with Gasteiger partial charge >= 0.3 is 0 Å². The summed E-state index contributed by atoms with van der Waals surface area (Å²) in [5, 5.41) is 20.7. The van der Waals surface area contributed by atoms with E-state index in [0.29, 0.717) is 24.5 Å². The number of rotatable bonds is 6. The zero-order valence-corrected chi connectivity index (χ0v) is 13.0. The highest BCUT2D eigenvalue weighted by molar-refractivity contribution is 5.96. The molecule has 0 aliphatic heterocycles. The van der Waals surface area contributed by atoms with E-state index in [4.69, 9.17) is 10.8 Å². The lowest BCUT2D eigenvalue weighted by molar-refractivity contribution is 0.0903. The van der Waals surface area contributed by atoms with E-state index in [1.807, 2.05) is 36.4 Å². The number of carbonyl (C=O) groups excluding carboxylic acids is 1. The predicted molar refractivity (Wildman–Crippen MR) is 88.1 cm³/mol. The molecule has 0 bridgehead atoms. The van der Waals surface area contributed by atoms with Gasteiger partial charge in [0, 0.05) is 17.7 Å². The maximum atomic E-state index is 11.4. The standard InChI is InChI=1S/C17H17N5O2/c18-9-12-1-7-15(8-2-12)17-19-20-21-22(17)10-13-3-5-14(6-4-13)16(24)11-23/h1-8,23H,9-11,18H2. The van der Waals surface area contributed by atoms with Crippen LogP contribution in [0.25, 0.3) is 11.4 Å². The van der Waals surface area contributed by atoms with Crippen molar-refractivity contribution in [3.8, 4) is 11.4 Å². The number of nitrogens with two attached hydrogens (primary N) is 1. The third-order valence-electron chi connectivity index (χ3n) is 3.73. The molecule has 0 unspecified atom stereocenters. The lowest BCUT2D eigenvalue weighted by atomic mass is 10.1. The van der Waals surface area contributed by atoms with Gasteiger partial charge in [0.1, 0.15) is 6.61 Å². The van der Waals surface area contributed by atoms with Crippen molar-refractivity contribution >= 4 is 5.78 Å². The van der Waals surface area contributed by atoms with E-state index in [2.05, 4.69) is 15.5 Å². The van der Waals surface area contributed by atoms with Crippen molar-refractivity contribution in [2.45, 2.75) is 13.1 Å². The molecule has 0 aliphatic carbocycles. The number of aromatic nitrogens is 4. The largest absolute Gasteiger partial charge is 0.388 e. The Morgan fingerprint density at radius 3 is 2.33 bits per heavy atom. The summed E-state index contributed by atoms with van der Waals surface area (Å²) >= 11 is 0. The second-order valence-corrected chi connectivity index (χ2v) is 5.34. The van der Waals surface area contributed by atoms with Gasteiger partial charge in [-0.15, -0.1) is 5.10 Å². The van der Waals surface area contributed by atoms with Gasteiger partial charge in [-0.05, 0) is 21.6 Å². The smallest absolute Gasteiger partial charge is 0.188 e. The van der Waals surface area contributed by atoms with Crippen LogP contribution in [0.3, 0.4) is 0 Å². The summed E-state index contributed by atoms with van der Waals surface area (Å²) in [4.78, 5) is 11.4. The zero-order chi connectivity index (χ0) is 16.9. The molecule has 3 N–H and O–H groups in total. The zero-order valence-electron chi connectivity index (χ0n) is 13.0. The first-order valence-corrected chi connectivity index (χ1v) is 7.50. The fourth-order valence-corrected chi connectivity index (χ4v) is 2.37. The van der Waals surface area contributed by atoms with Gasteiger partial charge in [0.25, 0.3) is 0 Å². The molecule has 0 fully saturated rings. The number of aliphatic hydroxyl groups is 1. The van der Waals surface area contributed by atoms with Crippen LogP contribution in [-0.4, -0.2) is 37.7 Å². The van der Waals surface area contributed by atoms with Crippen LogP contribution >= 0.6 is 0 Å². The number of hydrogen-bond donors (Lipinski definition) is 2. The van der Waals surface area contributed by atoms with Crippen molar-refractivity contribution in [1.82, 2.24) is 20.2 Å². The molecule has 0 atom stereocenters. The predicted octanol–water partition coefficient (Wildman–Crippen LogP) is 1.02. The van der Waals surface area contributed by atoms with Crippen LogP contribution in [0, 0.1) is 0 Å². The van der Waals surface area contributed by atoms with Crippen molar-refractivity contribution in [2.75, 3.05) is 6.61 Å². The first kappa shape index (κ1) is 16.0. The average molecular weight is 323 g/mol. The Morgan fingerprint density at radius 1 is 1.04 bits per heavy atom. The lowest BCUT2D eigenvalue weighted by Crippen LogP contribution is -2.07. The van der Waals surface area contributed by atoms with Gasteiger partial charge in [-0.1, -0.05) is 48.5 Å². The fourth-order valence-electron chi connectivity index (χ4n) is 2.37. The topological polar surface area (TPSA) is 107 Å². The molecule has 7 heteroatoms. The average Bonchev–Trinajstić information content (AvgIpc) is 3.10. The van der Waals surface area contributed by atoms with Crippen molar-refractivity contribution in [2.24, 2.45) is 5.73 Å². The Bertz CT molecular complexity index is 825. The summed E-state index contributed by atoms with van der Waals surface area (Å²) in [5.41, 5.74) is 9.00. The SMILES string of the molecule is NCc1ccc(-c2nnnn2Cc2ccc(C(=O)CO)cc2)cc1. The lowest BCUT2D eigenvalue weighted by Gasteiger charge is -2.06. The molecule has 7 nitrogen and oxygen atoms in total.